The fourth-order valence-corrected chi connectivity index (χ4v) is 3.31. The number of halogens is 2. The summed E-state index contributed by atoms with van der Waals surface area (Å²) in [6.45, 7) is 1.13. The van der Waals surface area contributed by atoms with Crippen molar-refractivity contribution in [2.75, 3.05) is 20.7 Å². The van der Waals surface area contributed by atoms with E-state index in [0.717, 1.165) is 34.2 Å². The van der Waals surface area contributed by atoms with Crippen molar-refractivity contribution in [2.24, 2.45) is 4.99 Å². The summed E-state index contributed by atoms with van der Waals surface area (Å²) in [6.07, 6.45) is 2.69. The average molecular weight is 549 g/mol. The second-order valence-corrected chi connectivity index (χ2v) is 6.94. The quantitative estimate of drug-likeness (QED) is 0.160. The molecule has 0 aliphatic carbocycles. The molecule has 10 heteroatoms. The van der Waals surface area contributed by atoms with E-state index in [1.54, 1.807) is 20.2 Å². The minimum absolute atomic E-state index is 0. The molecule has 32 heavy (non-hydrogen) atoms. The Balaban J connectivity index is 0.00000289. The van der Waals surface area contributed by atoms with E-state index in [2.05, 4.69) is 35.8 Å². The third kappa shape index (κ3) is 5.55. The summed E-state index contributed by atoms with van der Waals surface area (Å²) in [5.74, 6) is 2.53. The Kier molecular flexibility index (Phi) is 8.03. The molecule has 0 amide bonds. The van der Waals surface area contributed by atoms with Crippen molar-refractivity contribution in [3.8, 4) is 17.1 Å². The van der Waals surface area contributed by atoms with Crippen LogP contribution in [0.25, 0.3) is 22.3 Å². The Bertz CT molecular complexity index is 1190. The maximum absolute atomic E-state index is 13.3. The van der Waals surface area contributed by atoms with Gasteiger partial charge in [-0.1, -0.05) is 0 Å². The molecule has 0 aliphatic rings. The number of benzene rings is 2. The standard InChI is InChI=1S/C22H24FN7O.HI/c1-24-22(25-10-9-15-12-26-19-11-16(23)5-8-18(15)19)27-13-20-28-21(30-29-20)14-3-6-17(31-2)7-4-14;/h3-8,11-12,26H,9-10,13H2,1-2H3,(H2,24,25,27)(H,28,29,30);1H. The van der Waals surface area contributed by atoms with Gasteiger partial charge in [0.05, 0.1) is 13.7 Å². The van der Waals surface area contributed by atoms with Crippen molar-refractivity contribution in [2.45, 2.75) is 13.0 Å². The number of fused-ring (bicyclic) bond motifs is 1. The lowest BCUT2D eigenvalue weighted by atomic mass is 10.1. The van der Waals surface area contributed by atoms with Gasteiger partial charge in [0, 0.05) is 36.3 Å². The van der Waals surface area contributed by atoms with Crippen molar-refractivity contribution in [1.29, 1.82) is 0 Å². The van der Waals surface area contributed by atoms with Crippen LogP contribution in [0.1, 0.15) is 11.4 Å². The molecule has 4 rings (SSSR count). The molecule has 0 aliphatic heterocycles. The van der Waals surface area contributed by atoms with Crippen molar-refractivity contribution >= 4 is 40.8 Å². The molecule has 0 spiro atoms. The molecule has 0 unspecified atom stereocenters. The summed E-state index contributed by atoms with van der Waals surface area (Å²) in [5.41, 5.74) is 2.83. The summed E-state index contributed by atoms with van der Waals surface area (Å²) in [5, 5.41) is 14.7. The summed E-state index contributed by atoms with van der Waals surface area (Å²) < 4.78 is 18.5. The van der Waals surface area contributed by atoms with E-state index in [1.165, 1.54) is 12.1 Å². The van der Waals surface area contributed by atoms with Crippen LogP contribution in [0, 0.1) is 5.82 Å². The average Bonchev–Trinajstić information content (AvgIpc) is 3.43. The molecule has 4 N–H and O–H groups in total. The van der Waals surface area contributed by atoms with Crippen molar-refractivity contribution < 1.29 is 9.13 Å². The van der Waals surface area contributed by atoms with Crippen LogP contribution in [0.5, 0.6) is 5.75 Å². The van der Waals surface area contributed by atoms with E-state index in [1.807, 2.05) is 30.5 Å². The monoisotopic (exact) mass is 549 g/mol. The van der Waals surface area contributed by atoms with Crippen molar-refractivity contribution in [3.63, 3.8) is 0 Å². The van der Waals surface area contributed by atoms with E-state index < -0.39 is 0 Å². The molecule has 0 radical (unpaired) electrons. The van der Waals surface area contributed by atoms with E-state index >= 15 is 0 Å². The van der Waals surface area contributed by atoms with Gasteiger partial charge in [0.2, 0.25) is 0 Å². The number of guanidine groups is 1. The van der Waals surface area contributed by atoms with Gasteiger partial charge in [0.25, 0.3) is 0 Å². The molecule has 0 fully saturated rings. The highest BCUT2D eigenvalue weighted by atomic mass is 127. The number of aromatic amines is 2. The lowest BCUT2D eigenvalue weighted by molar-refractivity contribution is 0.415. The molecular weight excluding hydrogens is 524 g/mol. The highest BCUT2D eigenvalue weighted by Gasteiger charge is 2.08. The second kappa shape index (κ2) is 10.9. The molecule has 4 aromatic rings. The van der Waals surface area contributed by atoms with E-state index in [4.69, 9.17) is 4.74 Å². The SMILES string of the molecule is CN=C(NCCc1c[nH]c2cc(F)ccc12)NCc1nc(-c2ccc(OC)cc2)n[nH]1.I. The number of methoxy groups -OCH3 is 1. The van der Waals surface area contributed by atoms with Crippen LogP contribution in [0.3, 0.4) is 0 Å². The fourth-order valence-electron chi connectivity index (χ4n) is 3.31. The van der Waals surface area contributed by atoms with E-state index in [0.29, 0.717) is 30.7 Å². The maximum atomic E-state index is 13.3. The summed E-state index contributed by atoms with van der Waals surface area (Å²) >= 11 is 0. The van der Waals surface area contributed by atoms with Gasteiger partial charge >= 0.3 is 0 Å². The number of nitrogens with zero attached hydrogens (tertiary/aromatic N) is 3. The number of rotatable bonds is 7. The molecule has 168 valence electrons. The molecule has 0 saturated heterocycles. The van der Waals surface area contributed by atoms with E-state index in [-0.39, 0.29) is 29.8 Å². The molecule has 0 saturated carbocycles. The van der Waals surface area contributed by atoms with Gasteiger partial charge in [-0.15, -0.1) is 24.0 Å². The predicted molar refractivity (Wildman–Crippen MR) is 134 cm³/mol. The zero-order valence-corrected chi connectivity index (χ0v) is 20.1. The van der Waals surface area contributed by atoms with Gasteiger partial charge in [0.1, 0.15) is 17.4 Å². The van der Waals surface area contributed by atoms with Crippen LogP contribution in [-0.4, -0.2) is 46.8 Å². The third-order valence-corrected chi connectivity index (χ3v) is 4.94. The molecular formula is C22H25FIN7O. The van der Waals surface area contributed by atoms with Gasteiger partial charge in [-0.25, -0.2) is 9.37 Å². The third-order valence-electron chi connectivity index (χ3n) is 4.94. The first-order chi connectivity index (χ1) is 15.2. The topological polar surface area (TPSA) is 103 Å². The van der Waals surface area contributed by atoms with Crippen LogP contribution >= 0.6 is 24.0 Å². The number of hydrogen-bond acceptors (Lipinski definition) is 4. The highest BCUT2D eigenvalue weighted by molar-refractivity contribution is 14.0. The number of aromatic nitrogens is 4. The molecule has 2 aromatic heterocycles. The maximum Gasteiger partial charge on any atom is 0.191 e. The smallest absolute Gasteiger partial charge is 0.191 e. The van der Waals surface area contributed by atoms with Crippen LogP contribution in [0.15, 0.2) is 53.7 Å². The number of nitrogens with one attached hydrogen (secondary N) is 4. The molecule has 2 aromatic carbocycles. The Hall–Kier alpha value is -3.15. The first-order valence-electron chi connectivity index (χ1n) is 9.92. The highest BCUT2D eigenvalue weighted by Crippen LogP contribution is 2.20. The first kappa shape index (κ1) is 23.5. The van der Waals surface area contributed by atoms with Crippen molar-refractivity contribution in [3.05, 3.63) is 65.9 Å². The van der Waals surface area contributed by atoms with Gasteiger partial charge in [-0.05, 0) is 54.4 Å². The summed E-state index contributed by atoms with van der Waals surface area (Å²) in [4.78, 5) is 11.9. The fraction of sp³-hybridized carbons (Fsp3) is 0.227. The van der Waals surface area contributed by atoms with Gasteiger partial charge in [0.15, 0.2) is 11.8 Å². The molecule has 0 atom stereocenters. The number of ether oxygens (including phenoxy) is 1. The summed E-state index contributed by atoms with van der Waals surface area (Å²) in [7, 11) is 3.35. The van der Waals surface area contributed by atoms with Gasteiger partial charge in [-0.2, -0.15) is 5.10 Å². The molecule has 0 bridgehead atoms. The Morgan fingerprint density at radius 1 is 1.16 bits per heavy atom. The molecule has 8 nitrogen and oxygen atoms in total. The normalized spacial score (nSPS) is 11.3. The first-order valence-corrected chi connectivity index (χ1v) is 9.92. The van der Waals surface area contributed by atoms with E-state index in [9.17, 15) is 4.39 Å². The Morgan fingerprint density at radius 2 is 1.97 bits per heavy atom. The number of hydrogen-bond donors (Lipinski definition) is 4. The number of aliphatic imine (C=N–C) groups is 1. The zero-order valence-electron chi connectivity index (χ0n) is 17.8. The Labute approximate surface area is 202 Å². The van der Waals surface area contributed by atoms with Gasteiger partial charge in [-0.3, -0.25) is 10.1 Å². The second-order valence-electron chi connectivity index (χ2n) is 6.94. The lowest BCUT2D eigenvalue weighted by Crippen LogP contribution is -2.38. The van der Waals surface area contributed by atoms with Gasteiger partial charge < -0.3 is 20.4 Å². The molecule has 2 heterocycles. The van der Waals surface area contributed by atoms with Crippen LogP contribution in [0.2, 0.25) is 0 Å². The van der Waals surface area contributed by atoms with Crippen LogP contribution < -0.4 is 15.4 Å². The van der Waals surface area contributed by atoms with Crippen molar-refractivity contribution in [1.82, 2.24) is 30.8 Å². The number of H-pyrrole nitrogens is 2. The van der Waals surface area contributed by atoms with Crippen LogP contribution in [-0.2, 0) is 13.0 Å². The predicted octanol–water partition coefficient (Wildman–Crippen LogP) is 3.63. The Morgan fingerprint density at radius 3 is 2.72 bits per heavy atom. The lowest BCUT2D eigenvalue weighted by Gasteiger charge is -2.10. The minimum atomic E-state index is -0.244. The summed E-state index contributed by atoms with van der Waals surface area (Å²) in [6, 6.07) is 12.4. The zero-order chi connectivity index (χ0) is 21.6. The van der Waals surface area contributed by atoms with Crippen LogP contribution in [0.4, 0.5) is 4.39 Å². The minimum Gasteiger partial charge on any atom is -0.497 e. The largest absolute Gasteiger partial charge is 0.497 e.